The van der Waals surface area contributed by atoms with Crippen molar-refractivity contribution in [2.45, 2.75) is 60.3 Å². The standard InChI is InChI=1S/C35H35NOS/c1-20(2)14-32-22(4)26-13-12-24(18-33(26)38-32)28-19-30(36-31-15-21(3)37-34(28)31)25-16-23-10-8-9-11-27(23)29(17-25)35(5,6)7/h8-13,15-20H,14H2,1-7H3. The van der Waals surface area contributed by atoms with Crippen molar-refractivity contribution in [2.75, 3.05) is 0 Å². The number of thiophene rings is 1. The van der Waals surface area contributed by atoms with Gasteiger partial charge in [0.2, 0.25) is 0 Å². The molecule has 0 radical (unpaired) electrons. The maximum absolute atomic E-state index is 6.23. The van der Waals surface area contributed by atoms with E-state index in [2.05, 4.69) is 108 Å². The largest absolute Gasteiger partial charge is 0.459 e. The summed E-state index contributed by atoms with van der Waals surface area (Å²) in [7, 11) is 0. The summed E-state index contributed by atoms with van der Waals surface area (Å²) in [5.74, 6) is 1.53. The molecule has 3 aromatic carbocycles. The van der Waals surface area contributed by atoms with E-state index in [1.54, 1.807) is 0 Å². The Morgan fingerprint density at radius 2 is 1.66 bits per heavy atom. The molecule has 3 heteroatoms. The number of nitrogens with zero attached hydrogens (tertiary/aromatic N) is 1. The molecular weight excluding hydrogens is 482 g/mol. The quantitative estimate of drug-likeness (QED) is 0.232. The molecule has 0 spiro atoms. The van der Waals surface area contributed by atoms with Crippen LogP contribution in [0.3, 0.4) is 0 Å². The van der Waals surface area contributed by atoms with Gasteiger partial charge >= 0.3 is 0 Å². The van der Waals surface area contributed by atoms with Crippen LogP contribution in [0.1, 0.15) is 56.4 Å². The zero-order valence-electron chi connectivity index (χ0n) is 23.4. The number of hydrogen-bond acceptors (Lipinski definition) is 3. The van der Waals surface area contributed by atoms with Gasteiger partial charge in [0.05, 0.1) is 5.69 Å². The van der Waals surface area contributed by atoms with Crippen LogP contribution in [-0.2, 0) is 11.8 Å². The number of hydrogen-bond donors (Lipinski definition) is 0. The molecule has 0 aliphatic carbocycles. The number of benzene rings is 3. The molecule has 0 aliphatic heterocycles. The first-order valence-electron chi connectivity index (χ1n) is 13.6. The van der Waals surface area contributed by atoms with E-state index >= 15 is 0 Å². The van der Waals surface area contributed by atoms with E-state index in [1.165, 1.54) is 42.4 Å². The maximum Gasteiger partial charge on any atom is 0.160 e. The molecule has 3 aromatic heterocycles. The second-order valence-corrected chi connectivity index (χ2v) is 13.2. The topological polar surface area (TPSA) is 26.0 Å². The molecule has 38 heavy (non-hydrogen) atoms. The van der Waals surface area contributed by atoms with Crippen LogP contribution in [0.15, 0.2) is 71.1 Å². The van der Waals surface area contributed by atoms with E-state index in [0.717, 1.165) is 40.1 Å². The van der Waals surface area contributed by atoms with E-state index in [4.69, 9.17) is 9.40 Å². The van der Waals surface area contributed by atoms with Gasteiger partial charge in [0.25, 0.3) is 0 Å². The highest BCUT2D eigenvalue weighted by Crippen LogP contribution is 2.40. The van der Waals surface area contributed by atoms with E-state index < -0.39 is 0 Å². The van der Waals surface area contributed by atoms with Crippen LogP contribution in [0.5, 0.6) is 0 Å². The van der Waals surface area contributed by atoms with Gasteiger partial charge in [0.15, 0.2) is 5.58 Å². The summed E-state index contributed by atoms with van der Waals surface area (Å²) in [4.78, 5) is 6.60. The monoisotopic (exact) mass is 517 g/mol. The Bertz CT molecular complexity index is 1830. The van der Waals surface area contributed by atoms with Crippen molar-refractivity contribution in [2.24, 2.45) is 5.92 Å². The summed E-state index contributed by atoms with van der Waals surface area (Å²) in [5, 5.41) is 3.91. The number of rotatable bonds is 4. The second-order valence-electron chi connectivity index (χ2n) is 12.1. The first kappa shape index (κ1) is 24.9. The third-order valence-electron chi connectivity index (χ3n) is 7.51. The Labute approximate surface area is 229 Å². The molecule has 0 saturated carbocycles. The van der Waals surface area contributed by atoms with Gasteiger partial charge in [-0.1, -0.05) is 71.0 Å². The third kappa shape index (κ3) is 4.33. The minimum Gasteiger partial charge on any atom is -0.459 e. The molecular formula is C35H35NOS. The lowest BCUT2D eigenvalue weighted by Crippen LogP contribution is -2.12. The van der Waals surface area contributed by atoms with Gasteiger partial charge in [0, 0.05) is 26.8 Å². The highest BCUT2D eigenvalue weighted by Gasteiger charge is 2.20. The Hall–Kier alpha value is -3.43. The molecule has 6 rings (SSSR count). The zero-order valence-corrected chi connectivity index (χ0v) is 24.2. The van der Waals surface area contributed by atoms with Crippen molar-refractivity contribution < 1.29 is 4.42 Å². The summed E-state index contributed by atoms with van der Waals surface area (Å²) < 4.78 is 7.57. The molecule has 2 nitrogen and oxygen atoms in total. The average Bonchev–Trinajstić information content (AvgIpc) is 3.39. The van der Waals surface area contributed by atoms with Crippen molar-refractivity contribution >= 4 is 43.3 Å². The van der Waals surface area contributed by atoms with Crippen molar-refractivity contribution in [1.29, 1.82) is 0 Å². The summed E-state index contributed by atoms with van der Waals surface area (Å²) in [6.07, 6.45) is 1.12. The molecule has 0 amide bonds. The van der Waals surface area contributed by atoms with Crippen LogP contribution in [0.25, 0.3) is 54.3 Å². The van der Waals surface area contributed by atoms with Crippen LogP contribution in [-0.4, -0.2) is 4.98 Å². The van der Waals surface area contributed by atoms with E-state index in [0.29, 0.717) is 5.92 Å². The molecule has 3 heterocycles. The van der Waals surface area contributed by atoms with Gasteiger partial charge in [-0.15, -0.1) is 11.3 Å². The van der Waals surface area contributed by atoms with Crippen LogP contribution < -0.4 is 0 Å². The lowest BCUT2D eigenvalue weighted by Gasteiger charge is -2.23. The maximum atomic E-state index is 6.23. The minimum atomic E-state index is 0.0184. The van der Waals surface area contributed by atoms with Crippen LogP contribution in [0.4, 0.5) is 0 Å². The fraction of sp³-hybridized carbons (Fsp3) is 0.286. The van der Waals surface area contributed by atoms with Crippen molar-refractivity contribution in [3.05, 3.63) is 88.5 Å². The van der Waals surface area contributed by atoms with Crippen LogP contribution in [0, 0.1) is 19.8 Å². The Kier molecular flexibility index (Phi) is 5.96. The fourth-order valence-electron chi connectivity index (χ4n) is 5.59. The number of aryl methyl sites for hydroxylation is 2. The highest BCUT2D eigenvalue weighted by molar-refractivity contribution is 7.19. The first-order chi connectivity index (χ1) is 18.1. The van der Waals surface area contributed by atoms with E-state index in [1.807, 2.05) is 18.3 Å². The molecule has 6 aromatic rings. The number of pyridine rings is 1. The molecule has 0 fully saturated rings. The molecule has 0 aliphatic rings. The number of furan rings is 1. The van der Waals surface area contributed by atoms with E-state index in [9.17, 15) is 0 Å². The summed E-state index contributed by atoms with van der Waals surface area (Å²) in [5.41, 5.74) is 8.94. The Balaban J connectivity index is 1.57. The molecule has 0 unspecified atom stereocenters. The molecule has 0 bridgehead atoms. The summed E-state index contributed by atoms with van der Waals surface area (Å²) in [6.45, 7) is 15.7. The van der Waals surface area contributed by atoms with Crippen LogP contribution >= 0.6 is 11.3 Å². The Morgan fingerprint density at radius 3 is 2.42 bits per heavy atom. The van der Waals surface area contributed by atoms with Gasteiger partial charge < -0.3 is 4.42 Å². The second kappa shape index (κ2) is 9.10. The minimum absolute atomic E-state index is 0.0184. The highest BCUT2D eigenvalue weighted by atomic mass is 32.1. The summed E-state index contributed by atoms with van der Waals surface area (Å²) in [6, 6.07) is 24.4. The van der Waals surface area contributed by atoms with Gasteiger partial charge in [-0.05, 0) is 88.7 Å². The first-order valence-corrected chi connectivity index (χ1v) is 14.4. The lowest BCUT2D eigenvalue weighted by molar-refractivity contribution is 0.579. The van der Waals surface area contributed by atoms with Crippen LogP contribution in [0.2, 0.25) is 0 Å². The van der Waals surface area contributed by atoms with Gasteiger partial charge in [-0.2, -0.15) is 0 Å². The predicted molar refractivity (Wildman–Crippen MR) is 164 cm³/mol. The number of aromatic nitrogens is 1. The molecule has 0 saturated heterocycles. The average molecular weight is 518 g/mol. The smallest absolute Gasteiger partial charge is 0.160 e. The third-order valence-corrected chi connectivity index (χ3v) is 8.79. The van der Waals surface area contributed by atoms with E-state index in [-0.39, 0.29) is 5.41 Å². The zero-order chi connectivity index (χ0) is 26.8. The lowest BCUT2D eigenvalue weighted by atomic mass is 9.82. The predicted octanol–water partition coefficient (Wildman–Crippen LogP) is 10.6. The molecule has 192 valence electrons. The summed E-state index contributed by atoms with van der Waals surface area (Å²) >= 11 is 1.93. The van der Waals surface area contributed by atoms with Gasteiger partial charge in [-0.3, -0.25) is 0 Å². The van der Waals surface area contributed by atoms with Crippen molar-refractivity contribution in [3.63, 3.8) is 0 Å². The SMILES string of the molecule is Cc1cc2nc(-c3cc(C(C)(C)C)c4ccccc4c3)cc(-c3ccc4c(C)c(CC(C)C)sc4c3)c2o1. The van der Waals surface area contributed by atoms with Gasteiger partial charge in [-0.25, -0.2) is 4.98 Å². The fourth-order valence-corrected chi connectivity index (χ4v) is 7.05. The normalized spacial score (nSPS) is 12.4. The van der Waals surface area contributed by atoms with Gasteiger partial charge in [0.1, 0.15) is 11.3 Å². The van der Waals surface area contributed by atoms with Crippen molar-refractivity contribution in [1.82, 2.24) is 4.98 Å². The number of fused-ring (bicyclic) bond motifs is 3. The van der Waals surface area contributed by atoms with Crippen molar-refractivity contribution in [3.8, 4) is 22.4 Å². The molecule has 0 N–H and O–H groups in total. The molecule has 0 atom stereocenters. The Morgan fingerprint density at radius 1 is 0.868 bits per heavy atom.